The second-order valence-electron chi connectivity index (χ2n) is 8.78. The second kappa shape index (κ2) is 12.5. The van der Waals surface area contributed by atoms with Gasteiger partial charge in [-0.05, 0) is 45.0 Å². The van der Waals surface area contributed by atoms with E-state index in [1.807, 2.05) is 0 Å². The van der Waals surface area contributed by atoms with Crippen molar-refractivity contribution in [2.75, 3.05) is 26.2 Å². The molecular weight excluding hydrogens is 431 g/mol. The number of amides is 1. The van der Waals surface area contributed by atoms with Crippen LogP contribution < -0.4 is 0 Å². The molecule has 1 amide bonds. The first-order chi connectivity index (χ1) is 16.5. The number of unbranched alkanes of at least 4 members (excludes halogenated alkanes) is 2. The van der Waals surface area contributed by atoms with Crippen LogP contribution >= 0.6 is 0 Å². The molecule has 1 heterocycles. The van der Waals surface area contributed by atoms with Crippen molar-refractivity contribution in [2.24, 2.45) is 0 Å². The summed E-state index contributed by atoms with van der Waals surface area (Å²) in [4.78, 5) is 29.9. The van der Waals surface area contributed by atoms with Crippen LogP contribution in [0.4, 0.5) is 4.39 Å². The van der Waals surface area contributed by atoms with Crippen molar-refractivity contribution in [3.8, 4) is 0 Å². The monoisotopic (exact) mass is 466 g/mol. The van der Waals surface area contributed by atoms with Crippen LogP contribution in [0.5, 0.6) is 0 Å². The van der Waals surface area contributed by atoms with Gasteiger partial charge in [0, 0.05) is 17.7 Å². The van der Waals surface area contributed by atoms with E-state index in [2.05, 4.69) is 18.7 Å². The Kier molecular flexibility index (Phi) is 9.40. The van der Waals surface area contributed by atoms with Gasteiger partial charge < -0.3 is 14.9 Å². The molecule has 0 saturated carbocycles. The Balaban J connectivity index is 1.90. The molecule has 1 saturated heterocycles. The lowest BCUT2D eigenvalue weighted by Gasteiger charge is -2.27. The highest BCUT2D eigenvalue weighted by Gasteiger charge is 2.46. The summed E-state index contributed by atoms with van der Waals surface area (Å²) >= 11 is 0. The van der Waals surface area contributed by atoms with Crippen LogP contribution in [0.25, 0.3) is 5.76 Å². The third-order valence-electron chi connectivity index (χ3n) is 6.32. The van der Waals surface area contributed by atoms with E-state index in [9.17, 15) is 19.1 Å². The highest BCUT2D eigenvalue weighted by atomic mass is 19.1. The van der Waals surface area contributed by atoms with E-state index < -0.39 is 23.5 Å². The predicted octanol–water partition coefficient (Wildman–Crippen LogP) is 5.54. The molecule has 1 atom stereocenters. The normalized spacial score (nSPS) is 17.6. The summed E-state index contributed by atoms with van der Waals surface area (Å²) in [7, 11) is 0. The predicted molar refractivity (Wildman–Crippen MR) is 133 cm³/mol. The van der Waals surface area contributed by atoms with E-state index in [1.165, 1.54) is 11.0 Å². The summed E-state index contributed by atoms with van der Waals surface area (Å²) in [6, 6.07) is 13.8. The lowest BCUT2D eigenvalue weighted by Crippen LogP contribution is -2.34. The van der Waals surface area contributed by atoms with E-state index >= 15 is 0 Å². The van der Waals surface area contributed by atoms with E-state index in [0.717, 1.165) is 45.3 Å². The second-order valence-corrected chi connectivity index (χ2v) is 8.78. The minimum atomic E-state index is -0.957. The molecule has 1 fully saturated rings. The number of hydrogen-bond acceptors (Lipinski definition) is 4. The molecule has 0 radical (unpaired) electrons. The van der Waals surface area contributed by atoms with Crippen LogP contribution in [0.2, 0.25) is 0 Å². The maximum atomic E-state index is 14.9. The molecule has 34 heavy (non-hydrogen) atoms. The minimum absolute atomic E-state index is 0.0601. The Labute approximate surface area is 201 Å². The van der Waals surface area contributed by atoms with Crippen molar-refractivity contribution in [2.45, 2.75) is 52.0 Å². The van der Waals surface area contributed by atoms with Crippen LogP contribution in [0, 0.1) is 5.82 Å². The van der Waals surface area contributed by atoms with Gasteiger partial charge in [0.1, 0.15) is 11.6 Å². The maximum Gasteiger partial charge on any atom is 0.295 e. The molecule has 1 aliphatic rings. The number of aliphatic hydroxyl groups excluding tert-OH is 1. The fourth-order valence-corrected chi connectivity index (χ4v) is 4.45. The van der Waals surface area contributed by atoms with Gasteiger partial charge in [0.05, 0.1) is 11.6 Å². The standard InChI is InChI=1S/C28H35FN2O3/c1-3-5-17-30(18-6-4-2)19-12-20-31-25(22-15-10-11-16-23(22)29)24(27(33)28(31)34)26(32)21-13-8-7-9-14-21/h7-11,13-16,25,32H,3-6,12,17-20H2,1-2H3/t25-/m1/s1. The van der Waals surface area contributed by atoms with Crippen LogP contribution in [0.15, 0.2) is 60.2 Å². The zero-order chi connectivity index (χ0) is 24.5. The van der Waals surface area contributed by atoms with Gasteiger partial charge in [0.15, 0.2) is 0 Å². The third kappa shape index (κ3) is 5.92. The first-order valence-corrected chi connectivity index (χ1v) is 12.3. The Hall–Kier alpha value is -2.99. The maximum absolute atomic E-state index is 14.9. The van der Waals surface area contributed by atoms with Gasteiger partial charge in [-0.25, -0.2) is 4.39 Å². The summed E-state index contributed by atoms with van der Waals surface area (Å²) < 4.78 is 14.9. The van der Waals surface area contributed by atoms with Gasteiger partial charge in [-0.15, -0.1) is 0 Å². The molecule has 1 aliphatic heterocycles. The van der Waals surface area contributed by atoms with Crippen molar-refractivity contribution in [3.63, 3.8) is 0 Å². The average Bonchev–Trinajstić information content (AvgIpc) is 3.10. The number of halogens is 1. The zero-order valence-electron chi connectivity index (χ0n) is 20.2. The summed E-state index contributed by atoms with van der Waals surface area (Å²) in [5.41, 5.74) is 0.579. The largest absolute Gasteiger partial charge is 0.507 e. The molecule has 6 heteroatoms. The molecule has 0 spiro atoms. The lowest BCUT2D eigenvalue weighted by atomic mass is 9.95. The quantitative estimate of drug-likeness (QED) is 0.253. The molecule has 0 bridgehead atoms. The minimum Gasteiger partial charge on any atom is -0.507 e. The van der Waals surface area contributed by atoms with Crippen molar-refractivity contribution >= 4 is 17.4 Å². The number of benzene rings is 2. The zero-order valence-corrected chi connectivity index (χ0v) is 20.2. The number of carbonyl (C=O) groups is 2. The SMILES string of the molecule is CCCCN(CCCC)CCCN1C(=O)C(=O)C(=C(O)c2ccccc2)[C@H]1c1ccccc1F. The van der Waals surface area contributed by atoms with E-state index in [4.69, 9.17) is 0 Å². The topological polar surface area (TPSA) is 60.9 Å². The average molecular weight is 467 g/mol. The molecule has 2 aromatic rings. The molecule has 182 valence electrons. The number of aliphatic hydroxyl groups is 1. The van der Waals surface area contributed by atoms with Crippen LogP contribution in [0.1, 0.15) is 63.1 Å². The summed E-state index contributed by atoms with van der Waals surface area (Å²) in [6.45, 7) is 7.44. The van der Waals surface area contributed by atoms with Crippen molar-refractivity contribution in [3.05, 3.63) is 77.1 Å². The molecule has 5 nitrogen and oxygen atoms in total. The number of likely N-dealkylation sites (tertiary alicyclic amines) is 1. The lowest BCUT2D eigenvalue weighted by molar-refractivity contribution is -0.140. The number of hydrogen-bond donors (Lipinski definition) is 1. The number of Topliss-reactive ketones (excluding diaryl/α,β-unsaturated/α-hetero) is 1. The van der Waals surface area contributed by atoms with E-state index in [1.54, 1.807) is 48.5 Å². The molecule has 2 aromatic carbocycles. The molecule has 0 aliphatic carbocycles. The highest BCUT2D eigenvalue weighted by Crippen LogP contribution is 2.40. The highest BCUT2D eigenvalue weighted by molar-refractivity contribution is 6.46. The van der Waals surface area contributed by atoms with Crippen molar-refractivity contribution < 1.29 is 19.1 Å². The van der Waals surface area contributed by atoms with Gasteiger partial charge in [-0.2, -0.15) is 0 Å². The molecule has 3 rings (SSSR count). The van der Waals surface area contributed by atoms with E-state index in [0.29, 0.717) is 18.5 Å². The Morgan fingerprint density at radius 1 is 0.912 bits per heavy atom. The number of rotatable bonds is 12. The number of ketones is 1. The van der Waals surface area contributed by atoms with Gasteiger partial charge >= 0.3 is 0 Å². The number of nitrogens with zero attached hydrogens (tertiary/aromatic N) is 2. The summed E-state index contributed by atoms with van der Waals surface area (Å²) in [5, 5.41) is 11.0. The van der Waals surface area contributed by atoms with E-state index in [-0.39, 0.29) is 16.9 Å². The van der Waals surface area contributed by atoms with Crippen molar-refractivity contribution in [1.29, 1.82) is 0 Å². The Morgan fingerprint density at radius 2 is 1.50 bits per heavy atom. The van der Waals surface area contributed by atoms with Gasteiger partial charge in [-0.1, -0.05) is 75.2 Å². The number of carbonyl (C=O) groups excluding carboxylic acids is 2. The smallest absolute Gasteiger partial charge is 0.295 e. The Bertz CT molecular complexity index is 998. The van der Waals surface area contributed by atoms with Crippen molar-refractivity contribution in [1.82, 2.24) is 9.80 Å². The van der Waals surface area contributed by atoms with Crippen LogP contribution in [-0.2, 0) is 9.59 Å². The fraction of sp³-hybridized carbons (Fsp3) is 0.429. The molecule has 1 N–H and O–H groups in total. The molecule has 0 unspecified atom stereocenters. The summed E-state index contributed by atoms with van der Waals surface area (Å²) in [5.74, 6) is -2.25. The Morgan fingerprint density at radius 3 is 2.12 bits per heavy atom. The third-order valence-corrected chi connectivity index (χ3v) is 6.32. The fourth-order valence-electron chi connectivity index (χ4n) is 4.45. The van der Waals surface area contributed by atoms with Gasteiger partial charge in [0.2, 0.25) is 0 Å². The van der Waals surface area contributed by atoms with Crippen LogP contribution in [-0.4, -0.2) is 52.8 Å². The van der Waals surface area contributed by atoms with Gasteiger partial charge in [0.25, 0.3) is 11.7 Å². The molecular formula is C28H35FN2O3. The van der Waals surface area contributed by atoms with Gasteiger partial charge in [-0.3, -0.25) is 9.59 Å². The first-order valence-electron chi connectivity index (χ1n) is 12.3. The van der Waals surface area contributed by atoms with Crippen LogP contribution in [0.3, 0.4) is 0 Å². The summed E-state index contributed by atoms with van der Waals surface area (Å²) in [6.07, 6.45) is 5.12. The molecule has 0 aromatic heterocycles. The first kappa shape index (κ1) is 25.6.